The third-order valence-corrected chi connectivity index (χ3v) is 4.73. The standard InChI is InChI=1S/C18H15BrFN3O5/c19-13-7-11(1-3-14(13)20)5-6-21-17(24)9-22-15-8-12(23(26)27)2-4-16(15)28-10-18(22)25/h1-4,7-8H,5-6,9-10H2,(H,21,24). The molecule has 2 aromatic rings. The number of nitrogens with zero attached hydrogens (tertiary/aromatic N) is 2. The maximum absolute atomic E-state index is 13.2. The Morgan fingerprint density at radius 2 is 2.11 bits per heavy atom. The summed E-state index contributed by atoms with van der Waals surface area (Å²) >= 11 is 3.10. The molecule has 0 aliphatic carbocycles. The summed E-state index contributed by atoms with van der Waals surface area (Å²) in [6, 6.07) is 8.45. The summed E-state index contributed by atoms with van der Waals surface area (Å²) in [6.07, 6.45) is 0.476. The monoisotopic (exact) mass is 451 g/mol. The average molecular weight is 452 g/mol. The number of hydrogen-bond acceptors (Lipinski definition) is 5. The Kier molecular flexibility index (Phi) is 5.88. The van der Waals surface area contributed by atoms with Crippen LogP contribution in [0.4, 0.5) is 15.8 Å². The van der Waals surface area contributed by atoms with Crippen molar-refractivity contribution in [2.75, 3.05) is 24.6 Å². The van der Waals surface area contributed by atoms with Crippen LogP contribution in [0.25, 0.3) is 0 Å². The molecule has 0 radical (unpaired) electrons. The van der Waals surface area contributed by atoms with Gasteiger partial charge in [0.05, 0.1) is 15.1 Å². The molecule has 10 heteroatoms. The van der Waals surface area contributed by atoms with Crippen LogP contribution in [0.5, 0.6) is 5.75 Å². The second-order valence-electron chi connectivity index (χ2n) is 6.03. The highest BCUT2D eigenvalue weighted by Crippen LogP contribution is 2.35. The average Bonchev–Trinajstić information content (AvgIpc) is 2.66. The molecule has 2 aromatic carbocycles. The van der Waals surface area contributed by atoms with Crippen molar-refractivity contribution in [3.8, 4) is 5.75 Å². The van der Waals surface area contributed by atoms with Crippen molar-refractivity contribution >= 4 is 39.1 Å². The molecule has 1 aliphatic rings. The van der Waals surface area contributed by atoms with Crippen molar-refractivity contribution in [1.29, 1.82) is 0 Å². The highest BCUT2D eigenvalue weighted by molar-refractivity contribution is 9.10. The van der Waals surface area contributed by atoms with Gasteiger partial charge in [-0.1, -0.05) is 6.07 Å². The second kappa shape index (κ2) is 8.34. The molecule has 1 N–H and O–H groups in total. The van der Waals surface area contributed by atoms with Crippen LogP contribution in [-0.4, -0.2) is 36.4 Å². The number of nitro benzene ring substituents is 1. The minimum atomic E-state index is -0.585. The van der Waals surface area contributed by atoms with Crippen LogP contribution in [0.1, 0.15) is 5.56 Å². The van der Waals surface area contributed by atoms with E-state index in [0.29, 0.717) is 16.6 Å². The molecule has 0 spiro atoms. The number of ether oxygens (including phenoxy) is 1. The SMILES string of the molecule is O=C(CN1C(=O)COc2ccc([N+](=O)[O-])cc21)NCCc1ccc(F)c(Br)c1. The number of carbonyl (C=O) groups excluding carboxylic acids is 2. The van der Waals surface area contributed by atoms with Crippen molar-refractivity contribution in [3.05, 3.63) is 62.4 Å². The van der Waals surface area contributed by atoms with Gasteiger partial charge in [-0.25, -0.2) is 4.39 Å². The molecule has 0 saturated carbocycles. The molecule has 0 bridgehead atoms. The van der Waals surface area contributed by atoms with Gasteiger partial charge in [0.1, 0.15) is 18.1 Å². The van der Waals surface area contributed by atoms with Gasteiger partial charge in [-0.2, -0.15) is 0 Å². The van der Waals surface area contributed by atoms with E-state index in [-0.39, 0.29) is 36.9 Å². The van der Waals surface area contributed by atoms with Gasteiger partial charge in [-0.05, 0) is 46.1 Å². The summed E-state index contributed by atoms with van der Waals surface area (Å²) in [4.78, 5) is 35.9. The Labute approximate surface area is 167 Å². The molecule has 1 heterocycles. The Hall–Kier alpha value is -3.01. The normalized spacial score (nSPS) is 12.9. The molecular formula is C18H15BrFN3O5. The quantitative estimate of drug-likeness (QED) is 0.537. The maximum Gasteiger partial charge on any atom is 0.271 e. The Morgan fingerprint density at radius 1 is 1.32 bits per heavy atom. The first-order valence-corrected chi connectivity index (χ1v) is 9.06. The summed E-state index contributed by atoms with van der Waals surface area (Å²) in [5, 5.41) is 13.7. The van der Waals surface area contributed by atoms with Crippen LogP contribution >= 0.6 is 15.9 Å². The van der Waals surface area contributed by atoms with Gasteiger partial charge >= 0.3 is 0 Å². The molecule has 0 unspecified atom stereocenters. The van der Waals surface area contributed by atoms with Crippen LogP contribution in [0.15, 0.2) is 40.9 Å². The molecule has 8 nitrogen and oxygen atoms in total. The molecule has 146 valence electrons. The van der Waals surface area contributed by atoms with E-state index in [2.05, 4.69) is 21.2 Å². The Bertz CT molecular complexity index is 953. The number of hydrogen-bond donors (Lipinski definition) is 1. The molecule has 0 aromatic heterocycles. The maximum atomic E-state index is 13.2. The largest absolute Gasteiger partial charge is 0.482 e. The van der Waals surface area contributed by atoms with Crippen LogP contribution in [0.2, 0.25) is 0 Å². The van der Waals surface area contributed by atoms with E-state index in [1.165, 1.54) is 24.3 Å². The Morgan fingerprint density at radius 3 is 2.82 bits per heavy atom. The van der Waals surface area contributed by atoms with Crippen LogP contribution in [0.3, 0.4) is 0 Å². The molecular weight excluding hydrogens is 437 g/mol. The first-order valence-electron chi connectivity index (χ1n) is 8.27. The number of nitro groups is 1. The lowest BCUT2D eigenvalue weighted by molar-refractivity contribution is -0.384. The van der Waals surface area contributed by atoms with E-state index in [1.807, 2.05) is 0 Å². The van der Waals surface area contributed by atoms with Crippen molar-refractivity contribution in [2.45, 2.75) is 6.42 Å². The molecule has 28 heavy (non-hydrogen) atoms. The number of non-ortho nitro benzene ring substituents is 1. The fraction of sp³-hybridized carbons (Fsp3) is 0.222. The molecule has 0 atom stereocenters. The van der Waals surface area contributed by atoms with Gasteiger partial charge in [0.15, 0.2) is 6.61 Å². The predicted octanol–water partition coefficient (Wildman–Crippen LogP) is 2.58. The van der Waals surface area contributed by atoms with E-state index in [4.69, 9.17) is 4.74 Å². The fourth-order valence-electron chi connectivity index (χ4n) is 2.72. The zero-order valence-electron chi connectivity index (χ0n) is 14.5. The summed E-state index contributed by atoms with van der Waals surface area (Å²) in [5.74, 6) is -0.958. The highest BCUT2D eigenvalue weighted by Gasteiger charge is 2.29. The van der Waals surface area contributed by atoms with Crippen LogP contribution in [-0.2, 0) is 16.0 Å². The number of fused-ring (bicyclic) bond motifs is 1. The number of rotatable bonds is 6. The first kappa shape index (κ1) is 19.7. The van der Waals surface area contributed by atoms with Crippen molar-refractivity contribution in [3.63, 3.8) is 0 Å². The summed E-state index contributed by atoms with van der Waals surface area (Å²) in [6.45, 7) is -0.248. The third kappa shape index (κ3) is 4.45. The van der Waals surface area contributed by atoms with Gasteiger partial charge in [-0.3, -0.25) is 24.6 Å². The van der Waals surface area contributed by atoms with E-state index in [9.17, 15) is 24.1 Å². The van der Waals surface area contributed by atoms with Gasteiger partial charge in [0.25, 0.3) is 11.6 Å². The molecule has 1 aliphatic heterocycles. The van der Waals surface area contributed by atoms with Crippen molar-refractivity contribution in [2.24, 2.45) is 0 Å². The van der Waals surface area contributed by atoms with E-state index in [0.717, 1.165) is 10.5 Å². The number of carbonyl (C=O) groups is 2. The third-order valence-electron chi connectivity index (χ3n) is 4.12. The summed E-state index contributed by atoms with van der Waals surface area (Å²) < 4.78 is 18.8. The lowest BCUT2D eigenvalue weighted by Gasteiger charge is -2.28. The van der Waals surface area contributed by atoms with Gasteiger partial charge in [0, 0.05) is 18.7 Å². The van der Waals surface area contributed by atoms with E-state index in [1.54, 1.807) is 12.1 Å². The lowest BCUT2D eigenvalue weighted by atomic mass is 10.1. The number of benzene rings is 2. The minimum Gasteiger partial charge on any atom is -0.482 e. The molecule has 3 rings (SSSR count). The first-order chi connectivity index (χ1) is 13.3. The topological polar surface area (TPSA) is 102 Å². The number of nitrogens with one attached hydrogen (secondary N) is 1. The van der Waals surface area contributed by atoms with Crippen LogP contribution < -0.4 is 15.0 Å². The van der Waals surface area contributed by atoms with Crippen molar-refractivity contribution < 1.29 is 23.6 Å². The van der Waals surface area contributed by atoms with Gasteiger partial charge < -0.3 is 10.1 Å². The molecule has 0 saturated heterocycles. The second-order valence-corrected chi connectivity index (χ2v) is 6.88. The zero-order valence-corrected chi connectivity index (χ0v) is 16.1. The Balaban J connectivity index is 1.63. The van der Waals surface area contributed by atoms with Gasteiger partial charge in [-0.15, -0.1) is 0 Å². The minimum absolute atomic E-state index is 0.183. The number of amides is 2. The van der Waals surface area contributed by atoms with E-state index >= 15 is 0 Å². The lowest BCUT2D eigenvalue weighted by Crippen LogP contribution is -2.45. The zero-order chi connectivity index (χ0) is 20.3. The highest BCUT2D eigenvalue weighted by atomic mass is 79.9. The summed E-state index contributed by atoms with van der Waals surface area (Å²) in [7, 11) is 0. The van der Waals surface area contributed by atoms with Gasteiger partial charge in [0.2, 0.25) is 5.91 Å². The molecule has 2 amide bonds. The fourth-order valence-corrected chi connectivity index (χ4v) is 3.14. The predicted molar refractivity (Wildman–Crippen MR) is 102 cm³/mol. The van der Waals surface area contributed by atoms with E-state index < -0.39 is 16.7 Å². The number of anilines is 1. The molecule has 0 fully saturated rings. The number of halogens is 2. The smallest absolute Gasteiger partial charge is 0.271 e. The van der Waals surface area contributed by atoms with Crippen LogP contribution in [0, 0.1) is 15.9 Å². The summed E-state index contributed by atoms with van der Waals surface area (Å²) in [5.41, 5.74) is 0.810. The van der Waals surface area contributed by atoms with Crippen molar-refractivity contribution in [1.82, 2.24) is 5.32 Å².